The molecule has 0 bridgehead atoms. The highest BCUT2D eigenvalue weighted by Crippen LogP contribution is 2.45. The van der Waals surface area contributed by atoms with Gasteiger partial charge in [-0.05, 0) is 71.7 Å². The summed E-state index contributed by atoms with van der Waals surface area (Å²) in [7, 11) is -2.74. The van der Waals surface area contributed by atoms with Gasteiger partial charge in [0.25, 0.3) is 0 Å². The van der Waals surface area contributed by atoms with Gasteiger partial charge in [0.05, 0.1) is 7.11 Å². The number of methoxy groups -OCH3 is 1. The van der Waals surface area contributed by atoms with Crippen LogP contribution in [0.2, 0.25) is 0 Å². The molecule has 0 spiro atoms. The van der Waals surface area contributed by atoms with Crippen LogP contribution in [0.25, 0.3) is 0 Å². The summed E-state index contributed by atoms with van der Waals surface area (Å²) < 4.78 is 50.9. The third-order valence-corrected chi connectivity index (χ3v) is 9.24. The van der Waals surface area contributed by atoms with E-state index < -0.39 is 15.9 Å². The lowest BCUT2D eigenvalue weighted by Crippen LogP contribution is -2.39. The van der Waals surface area contributed by atoms with Crippen molar-refractivity contribution in [1.29, 1.82) is 0 Å². The topological polar surface area (TPSA) is 55.8 Å². The van der Waals surface area contributed by atoms with E-state index in [4.69, 9.17) is 8.92 Å². The molecule has 3 aromatic carbocycles. The van der Waals surface area contributed by atoms with Crippen LogP contribution in [0.4, 0.5) is 4.39 Å². The molecule has 2 heterocycles. The van der Waals surface area contributed by atoms with Crippen LogP contribution in [0.1, 0.15) is 53.1 Å². The van der Waals surface area contributed by atoms with Crippen LogP contribution in [0.5, 0.6) is 11.5 Å². The van der Waals surface area contributed by atoms with Crippen molar-refractivity contribution in [3.63, 3.8) is 0 Å². The summed E-state index contributed by atoms with van der Waals surface area (Å²) in [5, 5.41) is 0. The van der Waals surface area contributed by atoms with Crippen molar-refractivity contribution in [2.75, 3.05) is 13.7 Å². The molecule has 7 heteroatoms. The van der Waals surface area contributed by atoms with E-state index in [1.807, 2.05) is 6.07 Å². The van der Waals surface area contributed by atoms with Gasteiger partial charge in [0.1, 0.15) is 10.7 Å². The Labute approximate surface area is 212 Å². The van der Waals surface area contributed by atoms with Gasteiger partial charge in [-0.15, -0.1) is 0 Å². The number of hydrogen-bond donors (Lipinski definition) is 0. The zero-order valence-corrected chi connectivity index (χ0v) is 21.2. The van der Waals surface area contributed by atoms with Crippen LogP contribution in [0.3, 0.4) is 0 Å². The van der Waals surface area contributed by atoms with Gasteiger partial charge in [-0.25, -0.2) is 4.39 Å². The predicted octanol–water partition coefficient (Wildman–Crippen LogP) is 5.60. The summed E-state index contributed by atoms with van der Waals surface area (Å²) in [5.74, 6) is 0.763. The molecule has 2 aliphatic heterocycles. The minimum Gasteiger partial charge on any atom is -0.493 e. The molecule has 1 fully saturated rings. The van der Waals surface area contributed by atoms with Gasteiger partial charge < -0.3 is 8.92 Å². The van der Waals surface area contributed by atoms with Crippen LogP contribution in [-0.4, -0.2) is 27.0 Å². The van der Waals surface area contributed by atoms with E-state index in [1.165, 1.54) is 67.7 Å². The largest absolute Gasteiger partial charge is 0.493 e. The summed E-state index contributed by atoms with van der Waals surface area (Å²) >= 11 is 0. The lowest BCUT2D eigenvalue weighted by atomic mass is 9.79. The molecule has 36 heavy (non-hydrogen) atoms. The van der Waals surface area contributed by atoms with E-state index >= 15 is 0 Å². The van der Waals surface area contributed by atoms with Gasteiger partial charge in [0, 0.05) is 24.7 Å². The van der Waals surface area contributed by atoms with Gasteiger partial charge >= 0.3 is 10.1 Å². The minimum absolute atomic E-state index is 0.194. The van der Waals surface area contributed by atoms with Crippen molar-refractivity contribution >= 4 is 10.1 Å². The highest BCUT2D eigenvalue weighted by Gasteiger charge is 2.35. The van der Waals surface area contributed by atoms with Crippen molar-refractivity contribution in [2.45, 2.75) is 56.0 Å². The molecule has 188 valence electrons. The Balaban J connectivity index is 1.31. The van der Waals surface area contributed by atoms with Gasteiger partial charge in [-0.2, -0.15) is 8.42 Å². The zero-order chi connectivity index (χ0) is 24.9. The SMILES string of the molecule is COc1ccc2c(c1OS(=O)(=O)c1cccc(F)c1)CN1CCc3cc(CC4CCC4)ccc3C1C2. The number of benzene rings is 3. The van der Waals surface area contributed by atoms with E-state index in [9.17, 15) is 12.8 Å². The number of nitrogens with zero attached hydrogens (tertiary/aromatic N) is 1. The molecule has 1 atom stereocenters. The first kappa shape index (κ1) is 23.5. The second-order valence-corrected chi connectivity index (χ2v) is 11.8. The first-order chi connectivity index (χ1) is 17.4. The third kappa shape index (κ3) is 4.28. The molecule has 5 nitrogen and oxygen atoms in total. The van der Waals surface area contributed by atoms with Crippen LogP contribution >= 0.6 is 0 Å². The summed E-state index contributed by atoms with van der Waals surface area (Å²) in [5.41, 5.74) is 6.12. The van der Waals surface area contributed by atoms with Crippen molar-refractivity contribution in [3.8, 4) is 11.5 Å². The summed E-state index contributed by atoms with van der Waals surface area (Å²) in [6.07, 6.45) is 7.00. The molecular weight excluding hydrogens is 477 g/mol. The first-order valence-corrected chi connectivity index (χ1v) is 14.1. The fraction of sp³-hybridized carbons (Fsp3) is 0.379. The Bertz CT molecular complexity index is 1420. The smallest absolute Gasteiger partial charge is 0.339 e. The summed E-state index contributed by atoms with van der Waals surface area (Å²) in [6.45, 7) is 1.46. The minimum atomic E-state index is -4.23. The molecule has 0 aromatic heterocycles. The molecule has 3 aromatic rings. The zero-order valence-electron chi connectivity index (χ0n) is 20.4. The van der Waals surface area contributed by atoms with Crippen molar-refractivity contribution in [3.05, 3.63) is 88.2 Å². The average molecular weight is 508 g/mol. The van der Waals surface area contributed by atoms with E-state index in [0.717, 1.165) is 42.5 Å². The van der Waals surface area contributed by atoms with Crippen LogP contribution in [0, 0.1) is 11.7 Å². The predicted molar refractivity (Wildman–Crippen MR) is 135 cm³/mol. The van der Waals surface area contributed by atoms with E-state index in [1.54, 1.807) is 6.07 Å². The van der Waals surface area contributed by atoms with Crippen LogP contribution in [-0.2, 0) is 35.9 Å². The Morgan fingerprint density at radius 1 is 1.06 bits per heavy atom. The normalized spacial score (nSPS) is 19.6. The van der Waals surface area contributed by atoms with Crippen molar-refractivity contribution in [2.24, 2.45) is 5.92 Å². The standard InChI is InChI=1S/C29H30FNO4S/c1-34-28-11-9-21-16-27-25-10-8-20(14-19-4-2-5-19)15-22(25)12-13-31(27)18-26(21)29(28)35-36(32,33)24-7-3-6-23(30)17-24/h3,6-11,15,17,19,27H,2,4-5,12-14,16,18H2,1H3. The fourth-order valence-electron chi connectivity index (χ4n) is 5.86. The van der Waals surface area contributed by atoms with Gasteiger partial charge in [-0.1, -0.05) is 49.6 Å². The molecule has 0 N–H and O–H groups in total. The van der Waals surface area contributed by atoms with Gasteiger partial charge in [0.2, 0.25) is 0 Å². The molecule has 3 aliphatic rings. The quantitative estimate of drug-likeness (QED) is 0.407. The Morgan fingerprint density at radius 2 is 1.92 bits per heavy atom. The molecule has 1 unspecified atom stereocenters. The number of hydrogen-bond acceptors (Lipinski definition) is 5. The Hall–Kier alpha value is -2.90. The van der Waals surface area contributed by atoms with E-state index in [0.29, 0.717) is 12.3 Å². The summed E-state index contributed by atoms with van der Waals surface area (Å²) in [4.78, 5) is 2.18. The molecule has 1 aliphatic carbocycles. The lowest BCUT2D eigenvalue weighted by molar-refractivity contribution is 0.159. The number of rotatable bonds is 6. The maximum Gasteiger partial charge on any atom is 0.339 e. The second-order valence-electron chi connectivity index (χ2n) is 10.2. The fourth-order valence-corrected chi connectivity index (χ4v) is 6.86. The number of fused-ring (bicyclic) bond motifs is 4. The van der Waals surface area contributed by atoms with E-state index in [2.05, 4.69) is 23.1 Å². The number of halogens is 1. The maximum absolute atomic E-state index is 13.7. The monoisotopic (exact) mass is 507 g/mol. The van der Waals surface area contributed by atoms with Crippen LogP contribution < -0.4 is 8.92 Å². The molecule has 0 radical (unpaired) electrons. The van der Waals surface area contributed by atoms with Crippen molar-refractivity contribution in [1.82, 2.24) is 4.90 Å². The Morgan fingerprint density at radius 3 is 2.67 bits per heavy atom. The molecule has 0 amide bonds. The van der Waals surface area contributed by atoms with Gasteiger partial charge in [-0.3, -0.25) is 4.90 Å². The summed E-state index contributed by atoms with van der Waals surface area (Å²) in [6, 6.07) is 15.9. The van der Waals surface area contributed by atoms with Gasteiger partial charge in [0.15, 0.2) is 11.5 Å². The maximum atomic E-state index is 13.7. The number of ether oxygens (including phenoxy) is 1. The highest BCUT2D eigenvalue weighted by molar-refractivity contribution is 7.87. The average Bonchev–Trinajstić information content (AvgIpc) is 2.85. The molecule has 1 saturated carbocycles. The lowest BCUT2D eigenvalue weighted by Gasteiger charge is -2.42. The Kier molecular flexibility index (Phi) is 6.00. The molecule has 6 rings (SSSR count). The first-order valence-electron chi connectivity index (χ1n) is 12.7. The molecule has 0 saturated heterocycles. The van der Waals surface area contributed by atoms with Crippen LogP contribution in [0.15, 0.2) is 59.5 Å². The second kappa shape index (κ2) is 9.20. The highest BCUT2D eigenvalue weighted by atomic mass is 32.2. The third-order valence-electron chi connectivity index (χ3n) is 8.02. The van der Waals surface area contributed by atoms with E-state index in [-0.39, 0.29) is 16.7 Å². The molecular formula is C29H30FNO4S. The van der Waals surface area contributed by atoms with Crippen molar-refractivity contribution < 1.29 is 21.7 Å².